The van der Waals surface area contributed by atoms with Crippen LogP contribution in [0.15, 0.2) is 42.5 Å². The molecule has 0 fully saturated rings. The number of nitrogens with one attached hydrogen (secondary N) is 1. The molecule has 0 aromatic heterocycles. The molecule has 5 N–H and O–H groups in total. The fourth-order valence-electron chi connectivity index (χ4n) is 2.48. The van der Waals surface area contributed by atoms with Crippen LogP contribution in [0.4, 0.5) is 0 Å². The van der Waals surface area contributed by atoms with Crippen molar-refractivity contribution in [3.8, 4) is 0 Å². The van der Waals surface area contributed by atoms with E-state index in [0.29, 0.717) is 29.1 Å². The third-order valence-corrected chi connectivity index (χ3v) is 4.01. The number of amides is 2. The van der Waals surface area contributed by atoms with E-state index in [1.165, 1.54) is 6.07 Å². The van der Waals surface area contributed by atoms with Crippen molar-refractivity contribution in [2.75, 3.05) is 6.54 Å². The Morgan fingerprint density at radius 3 is 2.58 bits per heavy atom. The molecular weight excluding hydrogens is 326 g/mol. The van der Waals surface area contributed by atoms with Crippen LogP contribution in [0.25, 0.3) is 0 Å². The highest BCUT2D eigenvalue weighted by Crippen LogP contribution is 2.21. The van der Waals surface area contributed by atoms with Crippen LogP contribution >= 0.6 is 11.6 Å². The number of hydrogen-bond donors (Lipinski definition) is 3. The lowest BCUT2D eigenvalue weighted by molar-refractivity contribution is 0.0935. The van der Waals surface area contributed by atoms with Crippen molar-refractivity contribution in [1.82, 2.24) is 5.32 Å². The number of primary amides is 1. The van der Waals surface area contributed by atoms with Crippen LogP contribution in [0.1, 0.15) is 44.3 Å². The predicted octanol–water partition coefficient (Wildman–Crippen LogP) is 2.57. The molecule has 0 bridgehead atoms. The Bertz CT molecular complexity index is 762. The minimum absolute atomic E-state index is 0.264. The molecule has 2 aromatic carbocycles. The SMILES string of the molecule is Cc1ccc(C(=O)NC(CCN)c2cccc(Cl)c2)cc1C(N)=O. The summed E-state index contributed by atoms with van der Waals surface area (Å²) in [6.45, 7) is 2.18. The maximum absolute atomic E-state index is 12.5. The standard InChI is InChI=1S/C18H20ClN3O2/c1-11-5-6-13(10-15(11)17(21)23)18(24)22-16(7-8-20)12-3-2-4-14(19)9-12/h2-6,9-10,16H,7-8,20H2,1H3,(H2,21,23)(H,22,24). The fraction of sp³-hybridized carbons (Fsp3) is 0.222. The van der Waals surface area contributed by atoms with Gasteiger partial charge in [-0.1, -0.05) is 29.8 Å². The Balaban J connectivity index is 2.25. The molecule has 2 rings (SSSR count). The van der Waals surface area contributed by atoms with Crippen LogP contribution in [0, 0.1) is 6.92 Å². The first-order valence-corrected chi connectivity index (χ1v) is 7.97. The molecular formula is C18H20ClN3O2. The van der Waals surface area contributed by atoms with E-state index in [-0.39, 0.29) is 11.9 Å². The average Bonchev–Trinajstić information content (AvgIpc) is 2.54. The molecule has 0 aliphatic heterocycles. The summed E-state index contributed by atoms with van der Waals surface area (Å²) in [7, 11) is 0. The van der Waals surface area contributed by atoms with Gasteiger partial charge in [0.1, 0.15) is 0 Å². The van der Waals surface area contributed by atoms with Gasteiger partial charge >= 0.3 is 0 Å². The van der Waals surface area contributed by atoms with Gasteiger partial charge in [0.15, 0.2) is 0 Å². The third-order valence-electron chi connectivity index (χ3n) is 3.78. The zero-order valence-electron chi connectivity index (χ0n) is 13.4. The zero-order chi connectivity index (χ0) is 17.7. The van der Waals surface area contributed by atoms with Gasteiger partial charge in [-0.15, -0.1) is 0 Å². The summed E-state index contributed by atoms with van der Waals surface area (Å²) in [4.78, 5) is 24.0. The van der Waals surface area contributed by atoms with Crippen molar-refractivity contribution in [1.29, 1.82) is 0 Å². The topological polar surface area (TPSA) is 98.2 Å². The van der Waals surface area contributed by atoms with Gasteiger partial charge in [0.05, 0.1) is 6.04 Å². The van der Waals surface area contributed by atoms with Crippen LogP contribution in [-0.4, -0.2) is 18.4 Å². The van der Waals surface area contributed by atoms with Crippen molar-refractivity contribution < 1.29 is 9.59 Å². The summed E-state index contributed by atoms with van der Waals surface area (Å²) in [5.74, 6) is -0.855. The maximum atomic E-state index is 12.5. The first-order valence-electron chi connectivity index (χ1n) is 7.59. The van der Waals surface area contributed by atoms with E-state index in [0.717, 1.165) is 11.1 Å². The van der Waals surface area contributed by atoms with Gasteiger partial charge in [-0.05, 0) is 55.3 Å². The van der Waals surface area contributed by atoms with E-state index in [2.05, 4.69) is 5.32 Å². The number of carbonyl (C=O) groups excluding carboxylic acids is 2. The Hall–Kier alpha value is -2.37. The maximum Gasteiger partial charge on any atom is 0.251 e. The summed E-state index contributed by atoms with van der Waals surface area (Å²) >= 11 is 6.02. The second-order valence-corrected chi connectivity index (χ2v) is 5.99. The van der Waals surface area contributed by atoms with E-state index >= 15 is 0 Å². The van der Waals surface area contributed by atoms with E-state index in [1.807, 2.05) is 12.1 Å². The lowest BCUT2D eigenvalue weighted by atomic mass is 10.0. The lowest BCUT2D eigenvalue weighted by Gasteiger charge is -2.19. The van der Waals surface area contributed by atoms with E-state index in [4.69, 9.17) is 23.1 Å². The van der Waals surface area contributed by atoms with E-state index < -0.39 is 5.91 Å². The number of rotatable bonds is 6. The second kappa shape index (κ2) is 7.95. The minimum Gasteiger partial charge on any atom is -0.366 e. The third kappa shape index (κ3) is 4.34. The molecule has 0 radical (unpaired) electrons. The van der Waals surface area contributed by atoms with Gasteiger partial charge in [0.25, 0.3) is 5.91 Å². The monoisotopic (exact) mass is 345 g/mol. The van der Waals surface area contributed by atoms with Crippen LogP contribution in [0.3, 0.4) is 0 Å². The smallest absolute Gasteiger partial charge is 0.251 e. The highest BCUT2D eigenvalue weighted by molar-refractivity contribution is 6.30. The molecule has 126 valence electrons. The first kappa shape index (κ1) is 18.0. The molecule has 2 amide bonds. The minimum atomic E-state index is -0.560. The molecule has 5 nitrogen and oxygen atoms in total. The molecule has 24 heavy (non-hydrogen) atoms. The quantitative estimate of drug-likeness (QED) is 0.750. The molecule has 2 aromatic rings. The van der Waals surface area contributed by atoms with Gasteiger partial charge in [0.2, 0.25) is 5.91 Å². The molecule has 1 unspecified atom stereocenters. The summed E-state index contributed by atoms with van der Waals surface area (Å²) in [6, 6.07) is 11.9. The van der Waals surface area contributed by atoms with Crippen LogP contribution in [0.2, 0.25) is 5.02 Å². The largest absolute Gasteiger partial charge is 0.366 e. The first-order chi connectivity index (χ1) is 11.4. The van der Waals surface area contributed by atoms with Gasteiger partial charge < -0.3 is 16.8 Å². The average molecular weight is 346 g/mol. The zero-order valence-corrected chi connectivity index (χ0v) is 14.1. The van der Waals surface area contributed by atoms with Gasteiger partial charge in [0, 0.05) is 16.1 Å². The molecule has 0 spiro atoms. The molecule has 6 heteroatoms. The molecule has 0 saturated carbocycles. The normalized spacial score (nSPS) is 11.8. The number of nitrogens with two attached hydrogens (primary N) is 2. The van der Waals surface area contributed by atoms with Crippen molar-refractivity contribution in [2.24, 2.45) is 11.5 Å². The second-order valence-electron chi connectivity index (χ2n) is 5.55. The van der Waals surface area contributed by atoms with Crippen molar-refractivity contribution in [2.45, 2.75) is 19.4 Å². The van der Waals surface area contributed by atoms with E-state index in [9.17, 15) is 9.59 Å². The van der Waals surface area contributed by atoms with Crippen molar-refractivity contribution in [3.05, 3.63) is 69.7 Å². The van der Waals surface area contributed by atoms with Crippen LogP contribution in [-0.2, 0) is 0 Å². The highest BCUT2D eigenvalue weighted by Gasteiger charge is 2.17. The number of benzene rings is 2. The molecule has 0 heterocycles. The molecule has 0 aliphatic carbocycles. The highest BCUT2D eigenvalue weighted by atomic mass is 35.5. The fourth-order valence-corrected chi connectivity index (χ4v) is 2.68. The summed E-state index contributed by atoms with van der Waals surface area (Å²) in [6.07, 6.45) is 0.570. The summed E-state index contributed by atoms with van der Waals surface area (Å²) < 4.78 is 0. The number of halogens is 1. The Morgan fingerprint density at radius 2 is 1.96 bits per heavy atom. The molecule has 0 saturated heterocycles. The number of hydrogen-bond acceptors (Lipinski definition) is 3. The lowest BCUT2D eigenvalue weighted by Crippen LogP contribution is -2.30. The van der Waals surface area contributed by atoms with Gasteiger partial charge in [-0.3, -0.25) is 9.59 Å². The van der Waals surface area contributed by atoms with Gasteiger partial charge in [-0.25, -0.2) is 0 Å². The van der Waals surface area contributed by atoms with Crippen molar-refractivity contribution in [3.63, 3.8) is 0 Å². The molecule has 0 aliphatic rings. The Labute approximate surface area is 146 Å². The van der Waals surface area contributed by atoms with Crippen LogP contribution in [0.5, 0.6) is 0 Å². The number of aryl methyl sites for hydroxylation is 1. The summed E-state index contributed by atoms with van der Waals surface area (Å²) in [5.41, 5.74) is 13.3. The van der Waals surface area contributed by atoms with Crippen molar-refractivity contribution >= 4 is 23.4 Å². The number of carbonyl (C=O) groups is 2. The van der Waals surface area contributed by atoms with E-state index in [1.54, 1.807) is 31.2 Å². The molecule has 1 atom stereocenters. The van der Waals surface area contributed by atoms with Crippen LogP contribution < -0.4 is 16.8 Å². The predicted molar refractivity (Wildman–Crippen MR) is 95.0 cm³/mol. The van der Waals surface area contributed by atoms with Gasteiger partial charge in [-0.2, -0.15) is 0 Å². The Morgan fingerprint density at radius 1 is 1.21 bits per heavy atom. The Kier molecular flexibility index (Phi) is 5.95. The summed E-state index contributed by atoms with van der Waals surface area (Å²) in [5, 5.41) is 3.53.